The molecular weight excluding hydrogens is 282 g/mol. The summed E-state index contributed by atoms with van der Waals surface area (Å²) in [6.45, 7) is 20.6. The molecule has 3 fully saturated rings. The summed E-state index contributed by atoms with van der Waals surface area (Å²) in [5.74, 6) is 0.914. The maximum absolute atomic E-state index is 3.77. The number of likely N-dealkylation sites (tertiary alicyclic amines) is 2. The second kappa shape index (κ2) is 6.00. The van der Waals surface area contributed by atoms with Gasteiger partial charge in [0.25, 0.3) is 0 Å². The molecular formula is C20H39N3. The highest BCUT2D eigenvalue weighted by Crippen LogP contribution is 2.48. The van der Waals surface area contributed by atoms with Crippen molar-refractivity contribution in [1.82, 2.24) is 15.1 Å². The molecule has 0 atom stereocenters. The number of hydrogen-bond donors (Lipinski definition) is 1. The molecule has 1 N–H and O–H groups in total. The third-order valence-corrected chi connectivity index (χ3v) is 6.33. The molecule has 0 unspecified atom stereocenters. The van der Waals surface area contributed by atoms with E-state index in [2.05, 4.69) is 56.7 Å². The lowest BCUT2D eigenvalue weighted by atomic mass is 9.60. The highest BCUT2D eigenvalue weighted by Gasteiger charge is 2.52. The Morgan fingerprint density at radius 2 is 1.48 bits per heavy atom. The van der Waals surface area contributed by atoms with Crippen molar-refractivity contribution in [2.24, 2.45) is 16.7 Å². The van der Waals surface area contributed by atoms with Crippen LogP contribution in [0.2, 0.25) is 0 Å². The predicted octanol–water partition coefficient (Wildman–Crippen LogP) is 3.55. The molecule has 1 aliphatic carbocycles. The van der Waals surface area contributed by atoms with Gasteiger partial charge in [-0.05, 0) is 76.3 Å². The monoisotopic (exact) mass is 321 g/mol. The lowest BCUT2D eigenvalue weighted by Crippen LogP contribution is -2.68. The highest BCUT2D eigenvalue weighted by molar-refractivity contribution is 5.07. The minimum absolute atomic E-state index is 0.271. The van der Waals surface area contributed by atoms with E-state index in [1.165, 1.54) is 58.5 Å². The number of hydrogen-bond acceptors (Lipinski definition) is 3. The summed E-state index contributed by atoms with van der Waals surface area (Å²) in [6.07, 6.45) is 5.57. The lowest BCUT2D eigenvalue weighted by molar-refractivity contribution is -0.106. The third kappa shape index (κ3) is 4.29. The molecule has 3 aliphatic rings. The van der Waals surface area contributed by atoms with E-state index in [1.54, 1.807) is 0 Å². The van der Waals surface area contributed by atoms with Crippen LogP contribution in [0.5, 0.6) is 0 Å². The van der Waals surface area contributed by atoms with Crippen molar-refractivity contribution in [3.63, 3.8) is 0 Å². The summed E-state index contributed by atoms with van der Waals surface area (Å²) < 4.78 is 0. The van der Waals surface area contributed by atoms with Gasteiger partial charge in [-0.1, -0.05) is 20.8 Å². The molecule has 0 aromatic carbocycles. The van der Waals surface area contributed by atoms with Crippen molar-refractivity contribution in [2.75, 3.05) is 32.8 Å². The molecule has 3 rings (SSSR count). The number of nitrogens with one attached hydrogen (secondary N) is 1. The van der Waals surface area contributed by atoms with Crippen molar-refractivity contribution in [1.29, 1.82) is 0 Å². The molecule has 134 valence electrons. The number of nitrogens with zero attached hydrogens (tertiary/aromatic N) is 2. The molecule has 0 aromatic rings. The Morgan fingerprint density at radius 3 is 1.96 bits per heavy atom. The van der Waals surface area contributed by atoms with Crippen LogP contribution in [0.15, 0.2) is 0 Å². The lowest BCUT2D eigenvalue weighted by Gasteiger charge is -2.61. The smallest absolute Gasteiger partial charge is 0.0506 e. The van der Waals surface area contributed by atoms with E-state index in [0.29, 0.717) is 10.8 Å². The Bertz CT molecular complexity index is 396. The molecule has 1 saturated carbocycles. The van der Waals surface area contributed by atoms with Crippen LogP contribution >= 0.6 is 0 Å². The van der Waals surface area contributed by atoms with Crippen LogP contribution in [-0.2, 0) is 0 Å². The van der Waals surface area contributed by atoms with Crippen LogP contribution in [0.1, 0.15) is 67.2 Å². The number of rotatable bonds is 3. The van der Waals surface area contributed by atoms with Gasteiger partial charge < -0.3 is 5.32 Å². The molecule has 0 radical (unpaired) electrons. The number of piperidine rings is 1. The zero-order chi connectivity index (χ0) is 16.9. The van der Waals surface area contributed by atoms with Crippen molar-refractivity contribution in [3.8, 4) is 0 Å². The SMILES string of the molecule is CC(C)(C)NC1CC2(C1)CN(CN1CCC(C(C)(C)C)CC1)C2. The van der Waals surface area contributed by atoms with Gasteiger partial charge in [0.15, 0.2) is 0 Å². The van der Waals surface area contributed by atoms with Gasteiger partial charge in [-0.25, -0.2) is 0 Å². The van der Waals surface area contributed by atoms with Gasteiger partial charge in [0.2, 0.25) is 0 Å². The zero-order valence-corrected chi connectivity index (χ0v) is 16.4. The summed E-state index contributed by atoms with van der Waals surface area (Å²) >= 11 is 0. The van der Waals surface area contributed by atoms with E-state index in [0.717, 1.165) is 12.0 Å². The van der Waals surface area contributed by atoms with Crippen LogP contribution in [0.3, 0.4) is 0 Å². The maximum Gasteiger partial charge on any atom is 0.0506 e. The fourth-order valence-corrected chi connectivity index (χ4v) is 5.18. The van der Waals surface area contributed by atoms with E-state index >= 15 is 0 Å². The van der Waals surface area contributed by atoms with Gasteiger partial charge >= 0.3 is 0 Å². The van der Waals surface area contributed by atoms with Gasteiger partial charge in [-0.2, -0.15) is 0 Å². The molecule has 1 spiro atoms. The summed E-state index contributed by atoms with van der Waals surface area (Å²) in [6, 6.07) is 0.764. The average molecular weight is 322 g/mol. The first-order chi connectivity index (χ1) is 10.5. The molecule has 0 bridgehead atoms. The molecule has 3 heteroatoms. The quantitative estimate of drug-likeness (QED) is 0.857. The Balaban J connectivity index is 1.33. The summed E-state index contributed by atoms with van der Waals surface area (Å²) in [5, 5.41) is 3.77. The molecule has 0 amide bonds. The summed E-state index contributed by atoms with van der Waals surface area (Å²) in [5.41, 5.74) is 1.44. The molecule has 2 aliphatic heterocycles. The van der Waals surface area contributed by atoms with E-state index in [-0.39, 0.29) is 5.54 Å². The first kappa shape index (κ1) is 17.7. The first-order valence-corrected chi connectivity index (χ1v) is 9.77. The third-order valence-electron chi connectivity index (χ3n) is 6.33. The largest absolute Gasteiger partial charge is 0.309 e. The van der Waals surface area contributed by atoms with Crippen molar-refractivity contribution >= 4 is 0 Å². The standard InChI is InChI=1S/C20H39N3/c1-18(2,3)16-7-9-22(10-8-16)15-23-13-20(14-23)11-17(12-20)21-19(4,5)6/h16-17,21H,7-15H2,1-6H3. The second-order valence-corrected chi connectivity index (χ2v) is 10.9. The zero-order valence-electron chi connectivity index (χ0n) is 16.4. The maximum atomic E-state index is 3.77. The van der Waals surface area contributed by atoms with E-state index < -0.39 is 0 Å². The molecule has 3 nitrogen and oxygen atoms in total. The van der Waals surface area contributed by atoms with Gasteiger partial charge in [-0.3, -0.25) is 9.80 Å². The van der Waals surface area contributed by atoms with Crippen molar-refractivity contribution in [3.05, 3.63) is 0 Å². The Labute approximate surface area is 144 Å². The molecule has 2 heterocycles. The Morgan fingerprint density at radius 1 is 0.913 bits per heavy atom. The van der Waals surface area contributed by atoms with Gasteiger partial charge in [0.05, 0.1) is 6.67 Å². The van der Waals surface area contributed by atoms with Crippen LogP contribution in [-0.4, -0.2) is 54.2 Å². The minimum atomic E-state index is 0.271. The van der Waals surface area contributed by atoms with Gasteiger partial charge in [0, 0.05) is 24.7 Å². The molecule has 23 heavy (non-hydrogen) atoms. The van der Waals surface area contributed by atoms with E-state index in [1.807, 2.05) is 0 Å². The topological polar surface area (TPSA) is 18.5 Å². The summed E-state index contributed by atoms with van der Waals surface area (Å²) in [4.78, 5) is 5.38. The van der Waals surface area contributed by atoms with Crippen LogP contribution in [0.4, 0.5) is 0 Å². The second-order valence-electron chi connectivity index (χ2n) is 10.9. The average Bonchev–Trinajstić information content (AvgIpc) is 2.31. The van der Waals surface area contributed by atoms with Crippen molar-refractivity contribution < 1.29 is 0 Å². The minimum Gasteiger partial charge on any atom is -0.309 e. The van der Waals surface area contributed by atoms with Crippen LogP contribution in [0.25, 0.3) is 0 Å². The van der Waals surface area contributed by atoms with E-state index in [4.69, 9.17) is 0 Å². The highest BCUT2D eigenvalue weighted by atomic mass is 15.4. The first-order valence-electron chi connectivity index (χ1n) is 9.77. The summed E-state index contributed by atoms with van der Waals surface area (Å²) in [7, 11) is 0. The fraction of sp³-hybridized carbons (Fsp3) is 1.00. The molecule has 2 saturated heterocycles. The van der Waals surface area contributed by atoms with Crippen LogP contribution < -0.4 is 5.32 Å². The fourth-order valence-electron chi connectivity index (χ4n) is 5.18. The van der Waals surface area contributed by atoms with Gasteiger partial charge in [-0.15, -0.1) is 0 Å². The Kier molecular flexibility index (Phi) is 4.61. The van der Waals surface area contributed by atoms with Gasteiger partial charge in [0.1, 0.15) is 0 Å². The predicted molar refractivity (Wildman–Crippen MR) is 98.5 cm³/mol. The van der Waals surface area contributed by atoms with Crippen LogP contribution in [0, 0.1) is 16.7 Å². The Hall–Kier alpha value is -0.120. The van der Waals surface area contributed by atoms with E-state index in [9.17, 15) is 0 Å². The normalized spacial score (nSPS) is 27.9. The molecule has 0 aromatic heterocycles. The van der Waals surface area contributed by atoms with Crippen molar-refractivity contribution in [2.45, 2.75) is 78.8 Å².